The third-order valence-electron chi connectivity index (χ3n) is 3.09. The Morgan fingerprint density at radius 2 is 1.76 bits per heavy atom. The highest BCUT2D eigenvalue weighted by atomic mass is 127. The molecule has 6 nitrogen and oxygen atoms in total. The topological polar surface area (TPSA) is 81.7 Å². The largest absolute Gasteiger partial charge is 0.482 e. The second-order valence-corrected chi connectivity index (χ2v) is 6.33. The summed E-state index contributed by atoms with van der Waals surface area (Å²) in [5.41, 5.74) is 0.949. The maximum Gasteiger partial charge on any atom is 0.344 e. The van der Waals surface area contributed by atoms with Crippen molar-refractivity contribution in [3.8, 4) is 5.75 Å². The molecule has 130 valence electrons. The van der Waals surface area contributed by atoms with E-state index in [4.69, 9.17) is 9.47 Å². The third kappa shape index (κ3) is 6.54. The molecule has 0 saturated heterocycles. The van der Waals surface area contributed by atoms with Crippen molar-refractivity contribution in [2.75, 3.05) is 18.5 Å². The van der Waals surface area contributed by atoms with Crippen molar-refractivity contribution in [2.24, 2.45) is 0 Å². The van der Waals surface area contributed by atoms with Gasteiger partial charge in [-0.1, -0.05) is 12.1 Å². The fourth-order valence-corrected chi connectivity index (χ4v) is 2.23. The predicted molar refractivity (Wildman–Crippen MR) is 101 cm³/mol. The van der Waals surface area contributed by atoms with Gasteiger partial charge in [0, 0.05) is 14.8 Å². The number of ether oxygens (including phenoxy) is 2. The van der Waals surface area contributed by atoms with Crippen LogP contribution in [0.3, 0.4) is 0 Å². The summed E-state index contributed by atoms with van der Waals surface area (Å²) >= 11 is 2.16. The Bertz CT molecular complexity index is 773. The van der Waals surface area contributed by atoms with Crippen LogP contribution >= 0.6 is 22.6 Å². The smallest absolute Gasteiger partial charge is 0.344 e. The second kappa shape index (κ2) is 9.16. The van der Waals surface area contributed by atoms with Gasteiger partial charge in [-0.25, -0.2) is 4.79 Å². The number of carbonyl (C=O) groups is 3. The minimum absolute atomic E-state index is 0.102. The average molecular weight is 453 g/mol. The fourth-order valence-electron chi connectivity index (χ4n) is 1.87. The number of Topliss-reactive ketones (excluding diaryl/α,β-unsaturated/α-hetero) is 1. The Morgan fingerprint density at radius 3 is 2.44 bits per heavy atom. The molecule has 2 rings (SSSR count). The zero-order valence-corrected chi connectivity index (χ0v) is 15.6. The van der Waals surface area contributed by atoms with Gasteiger partial charge in [0.25, 0.3) is 5.91 Å². The third-order valence-corrected chi connectivity index (χ3v) is 3.81. The van der Waals surface area contributed by atoms with Crippen LogP contribution in [0.4, 0.5) is 5.69 Å². The lowest BCUT2D eigenvalue weighted by Crippen LogP contribution is -2.23. The molecule has 0 fully saturated rings. The summed E-state index contributed by atoms with van der Waals surface area (Å²) in [6, 6.07) is 13.7. The molecule has 0 atom stereocenters. The minimum atomic E-state index is -0.647. The first-order valence-electron chi connectivity index (χ1n) is 7.39. The van der Waals surface area contributed by atoms with Crippen molar-refractivity contribution >= 4 is 45.9 Å². The molecule has 1 amide bonds. The SMILES string of the molecule is CC(=O)c1cccc(NC(=O)COC(=O)COc2ccc(I)cc2)c1. The molecule has 0 bridgehead atoms. The maximum atomic E-state index is 11.8. The first-order chi connectivity index (χ1) is 11.9. The van der Waals surface area contributed by atoms with Crippen LogP contribution in [-0.4, -0.2) is 30.9 Å². The molecule has 0 aliphatic heterocycles. The van der Waals surface area contributed by atoms with Gasteiger partial charge in [-0.2, -0.15) is 0 Å². The Balaban J connectivity index is 1.75. The van der Waals surface area contributed by atoms with Crippen LogP contribution in [0, 0.1) is 3.57 Å². The number of nitrogens with one attached hydrogen (secondary N) is 1. The van der Waals surface area contributed by atoms with Gasteiger partial charge in [0.1, 0.15) is 5.75 Å². The van der Waals surface area contributed by atoms with Gasteiger partial charge in [0.05, 0.1) is 0 Å². The highest BCUT2D eigenvalue weighted by Crippen LogP contribution is 2.13. The Kier molecular flexibility index (Phi) is 6.93. The van der Waals surface area contributed by atoms with Crippen LogP contribution < -0.4 is 10.1 Å². The molecule has 2 aromatic carbocycles. The number of amides is 1. The molecule has 0 spiro atoms. The highest BCUT2D eigenvalue weighted by Gasteiger charge is 2.09. The van der Waals surface area contributed by atoms with E-state index in [9.17, 15) is 14.4 Å². The van der Waals surface area contributed by atoms with E-state index in [2.05, 4.69) is 27.9 Å². The number of anilines is 1. The van der Waals surface area contributed by atoms with Crippen molar-refractivity contribution < 1.29 is 23.9 Å². The zero-order chi connectivity index (χ0) is 18.2. The summed E-state index contributed by atoms with van der Waals surface area (Å²) in [4.78, 5) is 34.7. The molecular formula is C18H16INO5. The molecule has 0 heterocycles. The summed E-state index contributed by atoms with van der Waals surface area (Å²) in [6.45, 7) is 0.725. The Morgan fingerprint density at radius 1 is 1.04 bits per heavy atom. The van der Waals surface area contributed by atoms with E-state index in [-0.39, 0.29) is 12.4 Å². The maximum absolute atomic E-state index is 11.8. The molecule has 0 aromatic heterocycles. The summed E-state index contributed by atoms with van der Waals surface area (Å²) < 4.78 is 11.2. The van der Waals surface area contributed by atoms with Gasteiger partial charge in [-0.3, -0.25) is 9.59 Å². The van der Waals surface area contributed by atoms with Gasteiger partial charge in [0.15, 0.2) is 19.0 Å². The molecule has 0 aliphatic rings. The monoisotopic (exact) mass is 453 g/mol. The standard InChI is InChI=1S/C18H16INO5/c1-12(21)13-3-2-4-15(9-13)20-17(22)10-25-18(23)11-24-16-7-5-14(19)6-8-16/h2-9H,10-11H2,1H3,(H,20,22). The first-order valence-corrected chi connectivity index (χ1v) is 8.47. The predicted octanol–water partition coefficient (Wildman–Crippen LogP) is 3.05. The zero-order valence-electron chi connectivity index (χ0n) is 13.5. The van der Waals surface area contributed by atoms with Crippen molar-refractivity contribution in [1.29, 1.82) is 0 Å². The molecular weight excluding hydrogens is 437 g/mol. The van der Waals surface area contributed by atoms with Gasteiger partial charge >= 0.3 is 5.97 Å². The highest BCUT2D eigenvalue weighted by molar-refractivity contribution is 14.1. The quantitative estimate of drug-likeness (QED) is 0.396. The molecule has 25 heavy (non-hydrogen) atoms. The van der Waals surface area contributed by atoms with Crippen LogP contribution in [0.25, 0.3) is 0 Å². The number of esters is 1. The normalized spacial score (nSPS) is 10.0. The van der Waals surface area contributed by atoms with E-state index in [0.29, 0.717) is 17.0 Å². The molecule has 2 aromatic rings. The van der Waals surface area contributed by atoms with Crippen LogP contribution in [-0.2, 0) is 14.3 Å². The van der Waals surface area contributed by atoms with E-state index < -0.39 is 18.5 Å². The summed E-state index contributed by atoms with van der Waals surface area (Å²) in [6.07, 6.45) is 0. The summed E-state index contributed by atoms with van der Waals surface area (Å²) in [5.74, 6) is -0.701. The van der Waals surface area contributed by atoms with Crippen LogP contribution in [0.1, 0.15) is 17.3 Å². The lowest BCUT2D eigenvalue weighted by Gasteiger charge is -2.08. The fraction of sp³-hybridized carbons (Fsp3) is 0.167. The number of hydrogen-bond acceptors (Lipinski definition) is 5. The molecule has 0 unspecified atom stereocenters. The van der Waals surface area contributed by atoms with Gasteiger partial charge in [-0.15, -0.1) is 0 Å². The van der Waals surface area contributed by atoms with E-state index in [1.165, 1.54) is 6.92 Å². The molecule has 7 heteroatoms. The van der Waals surface area contributed by atoms with E-state index in [1.54, 1.807) is 36.4 Å². The Labute approximate surface area is 158 Å². The molecule has 0 saturated carbocycles. The molecule has 1 N–H and O–H groups in total. The summed E-state index contributed by atoms with van der Waals surface area (Å²) in [7, 11) is 0. The van der Waals surface area contributed by atoms with Crippen LogP contribution in [0.5, 0.6) is 5.75 Å². The van der Waals surface area contributed by atoms with Crippen molar-refractivity contribution in [3.63, 3.8) is 0 Å². The van der Waals surface area contributed by atoms with Gasteiger partial charge in [0.2, 0.25) is 0 Å². The van der Waals surface area contributed by atoms with Crippen LogP contribution in [0.15, 0.2) is 48.5 Å². The van der Waals surface area contributed by atoms with E-state index in [0.717, 1.165) is 3.57 Å². The first kappa shape index (κ1) is 18.9. The number of halogens is 1. The second-order valence-electron chi connectivity index (χ2n) is 5.09. The lowest BCUT2D eigenvalue weighted by atomic mass is 10.1. The number of benzene rings is 2. The van der Waals surface area contributed by atoms with E-state index >= 15 is 0 Å². The van der Waals surface area contributed by atoms with Crippen LogP contribution in [0.2, 0.25) is 0 Å². The number of rotatable bonds is 7. The summed E-state index contributed by atoms with van der Waals surface area (Å²) in [5, 5.41) is 2.56. The van der Waals surface area contributed by atoms with Gasteiger partial charge in [-0.05, 0) is 65.9 Å². The minimum Gasteiger partial charge on any atom is -0.482 e. The van der Waals surface area contributed by atoms with Crippen molar-refractivity contribution in [1.82, 2.24) is 0 Å². The number of ketones is 1. The average Bonchev–Trinajstić information content (AvgIpc) is 2.59. The molecule has 0 aliphatic carbocycles. The van der Waals surface area contributed by atoms with Crippen molar-refractivity contribution in [3.05, 3.63) is 57.7 Å². The van der Waals surface area contributed by atoms with Gasteiger partial charge < -0.3 is 14.8 Å². The Hall–Kier alpha value is -2.42. The number of carbonyl (C=O) groups excluding carboxylic acids is 3. The molecule has 0 radical (unpaired) electrons. The van der Waals surface area contributed by atoms with Crippen molar-refractivity contribution in [2.45, 2.75) is 6.92 Å². The lowest BCUT2D eigenvalue weighted by molar-refractivity contribution is -0.149. The number of hydrogen-bond donors (Lipinski definition) is 1. The van der Waals surface area contributed by atoms with E-state index in [1.807, 2.05) is 12.1 Å².